The van der Waals surface area contributed by atoms with Crippen molar-refractivity contribution in [2.45, 2.75) is 18.2 Å². The summed E-state index contributed by atoms with van der Waals surface area (Å²) in [7, 11) is -2.29. The molecule has 34 heavy (non-hydrogen) atoms. The summed E-state index contributed by atoms with van der Waals surface area (Å²) in [4.78, 5) is 16.6. The van der Waals surface area contributed by atoms with E-state index in [9.17, 15) is 17.6 Å². The van der Waals surface area contributed by atoms with Crippen LogP contribution in [0.5, 0.6) is 0 Å². The van der Waals surface area contributed by atoms with Crippen LogP contribution in [0.3, 0.4) is 0 Å². The summed E-state index contributed by atoms with van der Waals surface area (Å²) in [6, 6.07) is 12.7. The highest BCUT2D eigenvalue weighted by Crippen LogP contribution is 2.22. The first-order chi connectivity index (χ1) is 16.2. The third kappa shape index (κ3) is 5.18. The number of benzene rings is 2. The zero-order valence-corrected chi connectivity index (χ0v) is 19.0. The minimum Gasteiger partial charge on any atom is -0.355 e. The molecule has 176 valence electrons. The molecule has 1 N–H and O–H groups in total. The Morgan fingerprint density at radius 3 is 2.41 bits per heavy atom. The van der Waals surface area contributed by atoms with Crippen molar-refractivity contribution in [3.8, 4) is 11.3 Å². The highest BCUT2D eigenvalue weighted by Gasteiger charge is 2.21. The lowest BCUT2D eigenvalue weighted by atomic mass is 10.1. The number of rotatable bonds is 8. The molecule has 0 aliphatic carbocycles. The van der Waals surface area contributed by atoms with Gasteiger partial charge in [0.25, 0.3) is 5.91 Å². The van der Waals surface area contributed by atoms with Gasteiger partial charge in [-0.05, 0) is 48.5 Å². The van der Waals surface area contributed by atoms with Crippen molar-refractivity contribution in [2.24, 2.45) is 0 Å². The van der Waals surface area contributed by atoms with Gasteiger partial charge in [-0.1, -0.05) is 10.3 Å². The standard InChI is InChI=1S/C22H20FN5O5S/c1-14-24-21(27-32-14)11-12-28(2)34(30,31)18-9-7-17(8-10-18)25-22(29)19-13-20(33-26-19)15-3-5-16(23)6-4-15/h3-10,13H,11-12H2,1-2H3,(H,25,29). The highest BCUT2D eigenvalue weighted by atomic mass is 32.2. The van der Waals surface area contributed by atoms with E-state index < -0.39 is 15.9 Å². The molecule has 2 heterocycles. The van der Waals surface area contributed by atoms with Gasteiger partial charge in [0.2, 0.25) is 15.9 Å². The normalized spacial score (nSPS) is 11.6. The van der Waals surface area contributed by atoms with E-state index in [1.54, 1.807) is 6.92 Å². The Hall–Kier alpha value is -3.90. The number of carbonyl (C=O) groups excluding carboxylic acids is 1. The third-order valence-electron chi connectivity index (χ3n) is 4.91. The molecule has 1 amide bonds. The van der Waals surface area contributed by atoms with Crippen molar-refractivity contribution in [3.63, 3.8) is 0 Å². The molecule has 0 atom stereocenters. The van der Waals surface area contributed by atoms with Crippen molar-refractivity contribution < 1.29 is 26.6 Å². The number of hydrogen-bond acceptors (Lipinski definition) is 8. The van der Waals surface area contributed by atoms with Crippen LogP contribution >= 0.6 is 0 Å². The van der Waals surface area contributed by atoms with E-state index in [1.165, 1.54) is 66.0 Å². The van der Waals surface area contributed by atoms with E-state index in [4.69, 9.17) is 9.05 Å². The monoisotopic (exact) mass is 485 g/mol. The summed E-state index contributed by atoms with van der Waals surface area (Å²) in [6.07, 6.45) is 0.304. The van der Waals surface area contributed by atoms with Gasteiger partial charge < -0.3 is 14.4 Å². The molecule has 0 fully saturated rings. The smallest absolute Gasteiger partial charge is 0.277 e. The summed E-state index contributed by atoms with van der Waals surface area (Å²) < 4.78 is 49.9. The minimum absolute atomic E-state index is 0.0208. The van der Waals surface area contributed by atoms with Crippen LogP contribution in [0.1, 0.15) is 22.2 Å². The Bertz CT molecular complexity index is 1400. The number of likely N-dealkylation sites (N-methyl/N-ethyl adjacent to an activating group) is 1. The van der Waals surface area contributed by atoms with Crippen molar-refractivity contribution >= 4 is 21.6 Å². The van der Waals surface area contributed by atoms with E-state index in [0.717, 1.165) is 0 Å². The molecular formula is C22H20FN5O5S. The maximum absolute atomic E-state index is 13.1. The molecule has 0 saturated heterocycles. The first kappa shape index (κ1) is 23.3. The number of nitrogens with zero attached hydrogens (tertiary/aromatic N) is 4. The summed E-state index contributed by atoms with van der Waals surface area (Å²) in [5, 5.41) is 10.1. The molecule has 0 bridgehead atoms. The number of halogens is 1. The van der Waals surface area contributed by atoms with E-state index in [0.29, 0.717) is 35.1 Å². The van der Waals surface area contributed by atoms with Crippen LogP contribution in [0, 0.1) is 12.7 Å². The van der Waals surface area contributed by atoms with Gasteiger partial charge in [-0.2, -0.15) is 4.98 Å². The lowest BCUT2D eigenvalue weighted by molar-refractivity contribution is 0.101. The number of aryl methyl sites for hydroxylation is 1. The Labute approximate surface area is 194 Å². The summed E-state index contributed by atoms with van der Waals surface area (Å²) in [6.45, 7) is 1.83. The minimum atomic E-state index is -3.75. The van der Waals surface area contributed by atoms with Crippen molar-refractivity contribution in [1.82, 2.24) is 19.6 Å². The van der Waals surface area contributed by atoms with Gasteiger partial charge in [0, 0.05) is 44.3 Å². The van der Waals surface area contributed by atoms with E-state index in [1.807, 2.05) is 0 Å². The second-order valence-corrected chi connectivity index (χ2v) is 9.41. The predicted molar refractivity (Wildman–Crippen MR) is 119 cm³/mol. The first-order valence-electron chi connectivity index (χ1n) is 10.1. The molecule has 0 radical (unpaired) electrons. The predicted octanol–water partition coefficient (Wildman–Crippen LogP) is 3.29. The number of amides is 1. The second kappa shape index (κ2) is 9.53. The van der Waals surface area contributed by atoms with E-state index in [-0.39, 0.29) is 23.0 Å². The number of anilines is 1. The van der Waals surface area contributed by atoms with Gasteiger partial charge in [-0.15, -0.1) is 0 Å². The fourth-order valence-electron chi connectivity index (χ4n) is 3.04. The molecule has 12 heteroatoms. The summed E-state index contributed by atoms with van der Waals surface area (Å²) >= 11 is 0. The third-order valence-corrected chi connectivity index (χ3v) is 6.78. The van der Waals surface area contributed by atoms with Crippen molar-refractivity contribution in [3.05, 3.63) is 77.8 Å². The van der Waals surface area contributed by atoms with Gasteiger partial charge >= 0.3 is 0 Å². The lowest BCUT2D eigenvalue weighted by Gasteiger charge is -2.16. The lowest BCUT2D eigenvalue weighted by Crippen LogP contribution is -2.29. The second-order valence-electron chi connectivity index (χ2n) is 7.37. The van der Waals surface area contributed by atoms with Crippen LogP contribution in [0.2, 0.25) is 0 Å². The first-order valence-corrected chi connectivity index (χ1v) is 11.6. The summed E-state index contributed by atoms with van der Waals surface area (Å²) in [5.41, 5.74) is 0.966. The molecule has 0 unspecified atom stereocenters. The fraction of sp³-hybridized carbons (Fsp3) is 0.182. The topological polar surface area (TPSA) is 131 Å². The molecule has 2 aromatic heterocycles. The van der Waals surface area contributed by atoms with Crippen molar-refractivity contribution in [2.75, 3.05) is 18.9 Å². The molecule has 2 aromatic carbocycles. The molecule has 4 rings (SSSR count). The average Bonchev–Trinajstić information content (AvgIpc) is 3.48. The zero-order valence-electron chi connectivity index (χ0n) is 18.2. The Morgan fingerprint density at radius 1 is 1.06 bits per heavy atom. The molecular weight excluding hydrogens is 465 g/mol. The summed E-state index contributed by atoms with van der Waals surface area (Å²) in [5.74, 6) is 0.217. The fourth-order valence-corrected chi connectivity index (χ4v) is 4.21. The van der Waals surface area contributed by atoms with Crippen LogP contribution in [0.15, 0.2) is 68.5 Å². The zero-order chi connectivity index (χ0) is 24.3. The van der Waals surface area contributed by atoms with Gasteiger partial charge in [-0.25, -0.2) is 17.1 Å². The van der Waals surface area contributed by atoms with Crippen LogP contribution in [0.25, 0.3) is 11.3 Å². The van der Waals surface area contributed by atoms with Crippen LogP contribution in [-0.2, 0) is 16.4 Å². The number of aromatic nitrogens is 3. The largest absolute Gasteiger partial charge is 0.355 e. The Kier molecular flexibility index (Phi) is 6.52. The van der Waals surface area contributed by atoms with Gasteiger partial charge in [0.15, 0.2) is 17.3 Å². The van der Waals surface area contributed by atoms with Crippen LogP contribution in [-0.4, -0.2) is 47.5 Å². The maximum Gasteiger partial charge on any atom is 0.277 e. The molecule has 10 nitrogen and oxygen atoms in total. The number of sulfonamides is 1. The van der Waals surface area contributed by atoms with Crippen LogP contribution < -0.4 is 5.32 Å². The number of nitrogens with one attached hydrogen (secondary N) is 1. The average molecular weight is 485 g/mol. The highest BCUT2D eigenvalue weighted by molar-refractivity contribution is 7.89. The van der Waals surface area contributed by atoms with Crippen molar-refractivity contribution in [1.29, 1.82) is 0 Å². The Balaban J connectivity index is 1.39. The Morgan fingerprint density at radius 2 is 1.76 bits per heavy atom. The van der Waals surface area contributed by atoms with E-state index >= 15 is 0 Å². The SMILES string of the molecule is Cc1nc(CCN(C)S(=O)(=O)c2ccc(NC(=O)c3cc(-c4ccc(F)cc4)on3)cc2)no1. The number of carbonyl (C=O) groups is 1. The van der Waals surface area contributed by atoms with E-state index in [2.05, 4.69) is 20.6 Å². The van der Waals surface area contributed by atoms with Crippen LogP contribution in [0.4, 0.5) is 10.1 Å². The molecule has 0 spiro atoms. The van der Waals surface area contributed by atoms with Gasteiger partial charge in [0.1, 0.15) is 5.82 Å². The quantitative estimate of drug-likeness (QED) is 0.402. The maximum atomic E-state index is 13.1. The number of hydrogen-bond donors (Lipinski definition) is 1. The molecule has 0 saturated carbocycles. The van der Waals surface area contributed by atoms with Gasteiger partial charge in [-0.3, -0.25) is 4.79 Å². The molecule has 0 aliphatic rings. The molecule has 0 aliphatic heterocycles. The van der Waals surface area contributed by atoms with Gasteiger partial charge in [0.05, 0.1) is 4.90 Å². The molecule has 4 aromatic rings.